The van der Waals surface area contributed by atoms with Gasteiger partial charge < -0.3 is 20.9 Å². The molecule has 4 heteroatoms. The fourth-order valence-electron chi connectivity index (χ4n) is 0.733. The first-order valence-electron chi connectivity index (χ1n) is 4.37. The van der Waals surface area contributed by atoms with E-state index in [4.69, 9.17) is 10.5 Å². The van der Waals surface area contributed by atoms with Crippen LogP contribution in [0.15, 0.2) is 0 Å². The molecule has 0 aromatic carbocycles. The maximum Gasteiger partial charge on any atom is 0.0897 e. The molecule has 4 N–H and O–H groups in total. The molecule has 4 nitrogen and oxygen atoms in total. The lowest BCUT2D eigenvalue weighted by Gasteiger charge is -2.13. The largest absolute Gasteiger partial charge is 0.389 e. The van der Waals surface area contributed by atoms with E-state index in [-0.39, 0.29) is 6.10 Å². The SMILES string of the molecule is CC(C)OCC(O)CNCCN. The molecule has 74 valence electrons. The monoisotopic (exact) mass is 176 g/mol. The van der Waals surface area contributed by atoms with Crippen LogP contribution in [0.2, 0.25) is 0 Å². The molecule has 0 aliphatic heterocycles. The van der Waals surface area contributed by atoms with Gasteiger partial charge in [-0.05, 0) is 13.8 Å². The van der Waals surface area contributed by atoms with Crippen molar-refractivity contribution in [2.75, 3.05) is 26.2 Å². The van der Waals surface area contributed by atoms with Gasteiger partial charge in [0.2, 0.25) is 0 Å². The summed E-state index contributed by atoms with van der Waals surface area (Å²) >= 11 is 0. The van der Waals surface area contributed by atoms with Gasteiger partial charge >= 0.3 is 0 Å². The Balaban J connectivity index is 3.15. The summed E-state index contributed by atoms with van der Waals surface area (Å²) in [5.41, 5.74) is 5.26. The Hall–Kier alpha value is -0.160. The highest BCUT2D eigenvalue weighted by Gasteiger charge is 2.03. The molecule has 0 rings (SSSR count). The Kier molecular flexibility index (Phi) is 7.39. The fraction of sp³-hybridized carbons (Fsp3) is 1.00. The zero-order chi connectivity index (χ0) is 9.40. The molecule has 0 aromatic heterocycles. The Morgan fingerprint density at radius 1 is 1.50 bits per heavy atom. The number of nitrogens with two attached hydrogens (primary N) is 1. The summed E-state index contributed by atoms with van der Waals surface area (Å²) in [4.78, 5) is 0. The van der Waals surface area contributed by atoms with Gasteiger partial charge in [-0.3, -0.25) is 0 Å². The summed E-state index contributed by atoms with van der Waals surface area (Å²) in [6.45, 7) is 6.15. The van der Waals surface area contributed by atoms with E-state index < -0.39 is 6.10 Å². The number of rotatable bonds is 7. The molecule has 0 saturated carbocycles. The topological polar surface area (TPSA) is 67.5 Å². The van der Waals surface area contributed by atoms with E-state index in [1.54, 1.807) is 0 Å². The van der Waals surface area contributed by atoms with Crippen LogP contribution >= 0.6 is 0 Å². The minimum Gasteiger partial charge on any atom is -0.389 e. The smallest absolute Gasteiger partial charge is 0.0897 e. The minimum absolute atomic E-state index is 0.175. The van der Waals surface area contributed by atoms with Crippen LogP contribution in [-0.2, 0) is 4.74 Å². The average Bonchev–Trinajstić information content (AvgIpc) is 2.01. The summed E-state index contributed by atoms with van der Waals surface area (Å²) < 4.78 is 5.21. The number of ether oxygens (including phenoxy) is 1. The lowest BCUT2D eigenvalue weighted by molar-refractivity contribution is 0.00656. The van der Waals surface area contributed by atoms with Crippen molar-refractivity contribution in [3.05, 3.63) is 0 Å². The highest BCUT2D eigenvalue weighted by molar-refractivity contribution is 4.58. The van der Waals surface area contributed by atoms with Crippen molar-refractivity contribution in [2.24, 2.45) is 5.73 Å². The first kappa shape index (κ1) is 11.8. The molecule has 1 atom stereocenters. The van der Waals surface area contributed by atoms with Crippen LogP contribution in [-0.4, -0.2) is 43.6 Å². The van der Waals surface area contributed by atoms with Crippen molar-refractivity contribution >= 4 is 0 Å². The van der Waals surface area contributed by atoms with E-state index in [2.05, 4.69) is 5.32 Å². The van der Waals surface area contributed by atoms with Crippen LogP contribution in [0.5, 0.6) is 0 Å². The Bertz CT molecular complexity index is 99.1. The van der Waals surface area contributed by atoms with Gasteiger partial charge in [0, 0.05) is 19.6 Å². The number of hydrogen-bond donors (Lipinski definition) is 3. The van der Waals surface area contributed by atoms with Gasteiger partial charge in [0.25, 0.3) is 0 Å². The molecule has 1 unspecified atom stereocenters. The molecule has 0 fully saturated rings. The third kappa shape index (κ3) is 7.94. The normalized spacial score (nSPS) is 13.8. The zero-order valence-corrected chi connectivity index (χ0v) is 7.92. The maximum atomic E-state index is 9.30. The van der Waals surface area contributed by atoms with E-state index in [1.807, 2.05) is 13.8 Å². The first-order chi connectivity index (χ1) is 5.66. The van der Waals surface area contributed by atoms with Crippen molar-refractivity contribution in [3.8, 4) is 0 Å². The van der Waals surface area contributed by atoms with E-state index >= 15 is 0 Å². The van der Waals surface area contributed by atoms with Crippen molar-refractivity contribution in [2.45, 2.75) is 26.1 Å². The molecule has 12 heavy (non-hydrogen) atoms. The molecule has 0 amide bonds. The quantitative estimate of drug-likeness (QED) is 0.450. The van der Waals surface area contributed by atoms with Crippen LogP contribution in [0.25, 0.3) is 0 Å². The van der Waals surface area contributed by atoms with Gasteiger partial charge in [0.1, 0.15) is 0 Å². The number of aliphatic hydroxyl groups excluding tert-OH is 1. The molecule has 0 radical (unpaired) electrons. The molecule has 0 heterocycles. The number of aliphatic hydroxyl groups is 1. The molecular weight excluding hydrogens is 156 g/mol. The second-order valence-corrected chi connectivity index (χ2v) is 3.03. The van der Waals surface area contributed by atoms with E-state index in [9.17, 15) is 5.11 Å². The van der Waals surface area contributed by atoms with Gasteiger partial charge in [-0.2, -0.15) is 0 Å². The van der Waals surface area contributed by atoms with E-state index in [1.165, 1.54) is 0 Å². The lowest BCUT2D eigenvalue weighted by atomic mass is 10.3. The van der Waals surface area contributed by atoms with E-state index in [0.29, 0.717) is 19.7 Å². The highest BCUT2D eigenvalue weighted by atomic mass is 16.5. The third-order valence-electron chi connectivity index (χ3n) is 1.32. The van der Waals surface area contributed by atoms with Crippen molar-refractivity contribution in [1.82, 2.24) is 5.32 Å². The zero-order valence-electron chi connectivity index (χ0n) is 7.92. The second kappa shape index (κ2) is 7.49. The maximum absolute atomic E-state index is 9.30. The number of nitrogens with one attached hydrogen (secondary N) is 1. The van der Waals surface area contributed by atoms with Gasteiger partial charge in [-0.1, -0.05) is 0 Å². The fourth-order valence-corrected chi connectivity index (χ4v) is 0.733. The third-order valence-corrected chi connectivity index (χ3v) is 1.32. The Morgan fingerprint density at radius 2 is 2.17 bits per heavy atom. The van der Waals surface area contributed by atoms with Gasteiger partial charge in [0.15, 0.2) is 0 Å². The van der Waals surface area contributed by atoms with Crippen molar-refractivity contribution in [1.29, 1.82) is 0 Å². The summed E-state index contributed by atoms with van der Waals surface area (Å²) in [6, 6.07) is 0. The van der Waals surface area contributed by atoms with Crippen LogP contribution in [0.4, 0.5) is 0 Å². The first-order valence-corrected chi connectivity index (χ1v) is 4.37. The molecule has 0 aliphatic carbocycles. The minimum atomic E-state index is -0.432. The molecule has 0 aliphatic rings. The van der Waals surface area contributed by atoms with Crippen molar-refractivity contribution < 1.29 is 9.84 Å². The summed E-state index contributed by atoms with van der Waals surface area (Å²) in [5.74, 6) is 0. The Labute approximate surface area is 74.1 Å². The Morgan fingerprint density at radius 3 is 2.67 bits per heavy atom. The second-order valence-electron chi connectivity index (χ2n) is 3.03. The lowest BCUT2D eigenvalue weighted by Crippen LogP contribution is -2.33. The molecule has 0 saturated heterocycles. The van der Waals surface area contributed by atoms with Crippen LogP contribution in [0, 0.1) is 0 Å². The van der Waals surface area contributed by atoms with Crippen molar-refractivity contribution in [3.63, 3.8) is 0 Å². The molecule has 0 aromatic rings. The van der Waals surface area contributed by atoms with Gasteiger partial charge in [0.05, 0.1) is 18.8 Å². The van der Waals surface area contributed by atoms with Crippen LogP contribution < -0.4 is 11.1 Å². The predicted octanol–water partition coefficient (Wildman–Crippen LogP) is -0.679. The van der Waals surface area contributed by atoms with E-state index in [0.717, 1.165) is 6.54 Å². The molecule has 0 bridgehead atoms. The number of hydrogen-bond acceptors (Lipinski definition) is 4. The standard InChI is InChI=1S/C8H20N2O2/c1-7(2)12-6-8(11)5-10-4-3-9/h7-8,10-11H,3-6,9H2,1-2H3. The highest BCUT2D eigenvalue weighted by Crippen LogP contribution is 1.90. The van der Waals surface area contributed by atoms with Crippen LogP contribution in [0.3, 0.4) is 0 Å². The van der Waals surface area contributed by atoms with Gasteiger partial charge in [-0.25, -0.2) is 0 Å². The van der Waals surface area contributed by atoms with Gasteiger partial charge in [-0.15, -0.1) is 0 Å². The summed E-state index contributed by atoms with van der Waals surface area (Å²) in [5, 5.41) is 12.3. The summed E-state index contributed by atoms with van der Waals surface area (Å²) in [7, 11) is 0. The molecular formula is C8H20N2O2. The van der Waals surface area contributed by atoms with Crippen LogP contribution in [0.1, 0.15) is 13.8 Å². The predicted molar refractivity (Wildman–Crippen MR) is 49.0 cm³/mol. The summed E-state index contributed by atoms with van der Waals surface area (Å²) in [6.07, 6.45) is -0.256. The average molecular weight is 176 g/mol. The molecule has 0 spiro atoms.